The second-order valence-electron chi connectivity index (χ2n) is 9.96. The molecule has 1 aromatic rings. The number of anilines is 1. The van der Waals surface area contributed by atoms with Gasteiger partial charge in [-0.25, -0.2) is 0 Å². The first-order valence-corrected chi connectivity index (χ1v) is 11.6. The molecular weight excluding hydrogens is 428 g/mol. The summed E-state index contributed by atoms with van der Waals surface area (Å²) in [5, 5.41) is 0.381. The first-order chi connectivity index (χ1) is 15.0. The highest BCUT2D eigenvalue weighted by molar-refractivity contribution is 6.32. The van der Waals surface area contributed by atoms with E-state index in [1.807, 2.05) is 34.6 Å². The summed E-state index contributed by atoms with van der Waals surface area (Å²) >= 11 is 6.48. The van der Waals surface area contributed by atoms with Crippen molar-refractivity contribution in [2.75, 3.05) is 24.6 Å². The maximum Gasteiger partial charge on any atom is 0.303 e. The summed E-state index contributed by atoms with van der Waals surface area (Å²) in [5.74, 6) is 2.59. The molecule has 2 aliphatic rings. The topological polar surface area (TPSA) is 59.1 Å². The first-order valence-electron chi connectivity index (χ1n) is 11.2. The van der Waals surface area contributed by atoms with Crippen LogP contribution in [-0.4, -0.2) is 54.7 Å². The van der Waals surface area contributed by atoms with Crippen LogP contribution >= 0.6 is 11.6 Å². The van der Waals surface area contributed by atoms with Gasteiger partial charge in [0.25, 0.3) is 0 Å². The van der Waals surface area contributed by atoms with Crippen LogP contribution in [0.1, 0.15) is 47.5 Å². The molecule has 1 aliphatic heterocycles. The minimum atomic E-state index is -0.808. The third-order valence-electron chi connectivity index (χ3n) is 5.75. The molecule has 1 heterocycles. The summed E-state index contributed by atoms with van der Waals surface area (Å²) in [6.45, 7) is 11.2. The van der Waals surface area contributed by atoms with E-state index in [9.17, 15) is 9.59 Å². The Bertz CT molecular complexity index is 890. The van der Waals surface area contributed by atoms with E-state index in [2.05, 4.69) is 5.92 Å². The van der Waals surface area contributed by atoms with Gasteiger partial charge in [0.05, 0.1) is 23.8 Å². The number of carbonyl (C=O) groups excluding carboxylic acids is 2. The van der Waals surface area contributed by atoms with E-state index in [4.69, 9.17) is 27.5 Å². The number of benzene rings is 1. The Kier molecular flexibility index (Phi) is 7.42. The number of hydrogen-bond donors (Lipinski definition) is 0. The lowest BCUT2D eigenvalue weighted by atomic mass is 9.83. The van der Waals surface area contributed by atoms with E-state index in [1.54, 1.807) is 23.1 Å². The molecule has 1 unspecified atom stereocenters. The highest BCUT2D eigenvalue weighted by atomic mass is 35.5. The van der Waals surface area contributed by atoms with E-state index >= 15 is 0 Å². The van der Waals surface area contributed by atoms with Crippen molar-refractivity contribution in [2.24, 2.45) is 11.3 Å². The largest absolute Gasteiger partial charge is 0.492 e. The van der Waals surface area contributed by atoms with Gasteiger partial charge in [0.2, 0.25) is 5.91 Å². The fourth-order valence-corrected chi connectivity index (χ4v) is 4.33. The van der Waals surface area contributed by atoms with Gasteiger partial charge >= 0.3 is 5.91 Å². The van der Waals surface area contributed by atoms with Crippen molar-refractivity contribution in [3.63, 3.8) is 0 Å². The van der Waals surface area contributed by atoms with E-state index in [1.165, 1.54) is 17.7 Å². The van der Waals surface area contributed by atoms with E-state index in [0.29, 0.717) is 42.1 Å². The summed E-state index contributed by atoms with van der Waals surface area (Å²) in [6, 6.07) is 4.31. The number of hydrogen-bond acceptors (Lipinski definition) is 4. The van der Waals surface area contributed by atoms with Crippen molar-refractivity contribution >= 4 is 29.1 Å². The molecule has 0 N–H and O–H groups in total. The molecule has 32 heavy (non-hydrogen) atoms. The minimum Gasteiger partial charge on any atom is -0.492 e. The highest BCUT2D eigenvalue weighted by Gasteiger charge is 2.43. The zero-order valence-corrected chi connectivity index (χ0v) is 20.3. The van der Waals surface area contributed by atoms with Gasteiger partial charge in [-0.15, -0.1) is 6.42 Å². The predicted octanol–water partition coefficient (Wildman–Crippen LogP) is 4.15. The predicted molar refractivity (Wildman–Crippen MR) is 126 cm³/mol. The Morgan fingerprint density at radius 2 is 1.91 bits per heavy atom. The van der Waals surface area contributed by atoms with Crippen LogP contribution < -0.4 is 9.64 Å². The SMILES string of the molecule is C#CC(=O)N(c1ccc(OCC2CC2)c(Cl)c1)C(C(=O)N1C[C@@H](C)O[C@@H](C)C1)C(C)(C)C. The van der Waals surface area contributed by atoms with E-state index in [0.717, 1.165) is 0 Å². The molecule has 2 amide bonds. The Balaban J connectivity index is 1.95. The molecule has 174 valence electrons. The molecule has 0 radical (unpaired) electrons. The van der Waals surface area contributed by atoms with Crippen LogP contribution in [0.4, 0.5) is 5.69 Å². The van der Waals surface area contributed by atoms with Crippen LogP contribution in [0.25, 0.3) is 0 Å². The van der Waals surface area contributed by atoms with Gasteiger partial charge < -0.3 is 14.4 Å². The van der Waals surface area contributed by atoms with Gasteiger partial charge in [-0.1, -0.05) is 32.4 Å². The summed E-state index contributed by atoms with van der Waals surface area (Å²) in [6.07, 6.45) is 7.70. The molecule has 7 heteroatoms. The second-order valence-corrected chi connectivity index (χ2v) is 10.4. The van der Waals surface area contributed by atoms with Crippen molar-refractivity contribution in [2.45, 2.75) is 65.7 Å². The van der Waals surface area contributed by atoms with E-state index in [-0.39, 0.29) is 18.1 Å². The van der Waals surface area contributed by atoms with Gasteiger partial charge in [0, 0.05) is 18.8 Å². The number of terminal acetylenes is 1. The number of morpholine rings is 1. The van der Waals surface area contributed by atoms with Crippen molar-refractivity contribution in [1.29, 1.82) is 0 Å². The molecule has 6 nitrogen and oxygen atoms in total. The number of halogens is 1. The monoisotopic (exact) mass is 460 g/mol. The molecule has 0 spiro atoms. The Labute approximate surface area is 196 Å². The number of carbonyl (C=O) groups is 2. The maximum absolute atomic E-state index is 13.8. The average Bonchev–Trinajstić information content (AvgIpc) is 3.53. The number of amides is 2. The van der Waals surface area contributed by atoms with Crippen LogP contribution in [-0.2, 0) is 14.3 Å². The lowest BCUT2D eigenvalue weighted by Gasteiger charge is -2.43. The number of ether oxygens (including phenoxy) is 2. The van der Waals surface area contributed by atoms with Crippen LogP contribution in [0.2, 0.25) is 5.02 Å². The molecule has 0 aromatic heterocycles. The van der Waals surface area contributed by atoms with Crippen LogP contribution in [0, 0.1) is 23.7 Å². The van der Waals surface area contributed by atoms with Gasteiger partial charge in [-0.2, -0.15) is 0 Å². The molecule has 0 bridgehead atoms. The molecule has 1 saturated carbocycles. The Hall–Kier alpha value is -2.23. The lowest BCUT2D eigenvalue weighted by Crippen LogP contribution is -2.60. The van der Waals surface area contributed by atoms with Gasteiger partial charge in [-0.3, -0.25) is 14.5 Å². The third-order valence-corrected chi connectivity index (χ3v) is 6.05. The summed E-state index contributed by atoms with van der Waals surface area (Å²) < 4.78 is 11.6. The smallest absolute Gasteiger partial charge is 0.303 e. The van der Waals surface area contributed by atoms with Gasteiger partial charge in [0.15, 0.2) is 0 Å². The molecule has 2 fully saturated rings. The quantitative estimate of drug-likeness (QED) is 0.598. The molecule has 3 rings (SSSR count). The molecular formula is C25H33ClN2O4. The minimum absolute atomic E-state index is 0.0857. The lowest BCUT2D eigenvalue weighted by molar-refractivity contribution is -0.147. The number of nitrogens with zero attached hydrogens (tertiary/aromatic N) is 2. The van der Waals surface area contributed by atoms with Crippen molar-refractivity contribution in [3.8, 4) is 18.1 Å². The second kappa shape index (κ2) is 9.72. The molecule has 1 aliphatic carbocycles. The summed E-state index contributed by atoms with van der Waals surface area (Å²) in [5.41, 5.74) is -0.110. The van der Waals surface area contributed by atoms with Crippen molar-refractivity contribution < 1.29 is 19.1 Å². The standard InChI is InChI=1S/C25H33ClN2O4/c1-7-22(29)28(19-10-11-21(20(26)12-19)31-15-18-8-9-18)23(25(4,5)6)24(30)27-13-16(2)32-17(3)14-27/h1,10-12,16-18,23H,8-9,13-15H2,2-6H3/t16-,17+,23?. The highest BCUT2D eigenvalue weighted by Crippen LogP contribution is 2.36. The van der Waals surface area contributed by atoms with Crippen LogP contribution in [0.3, 0.4) is 0 Å². The summed E-state index contributed by atoms with van der Waals surface area (Å²) in [4.78, 5) is 29.9. The van der Waals surface area contributed by atoms with Crippen LogP contribution in [0.15, 0.2) is 18.2 Å². The first kappa shape index (κ1) is 24.4. The zero-order valence-electron chi connectivity index (χ0n) is 19.6. The molecule has 1 saturated heterocycles. The average molecular weight is 461 g/mol. The van der Waals surface area contributed by atoms with Gasteiger partial charge in [-0.05, 0) is 62.1 Å². The van der Waals surface area contributed by atoms with E-state index < -0.39 is 17.4 Å². The molecule has 1 aromatic carbocycles. The molecule has 3 atom stereocenters. The Morgan fingerprint density at radius 3 is 2.41 bits per heavy atom. The fraction of sp³-hybridized carbons (Fsp3) is 0.600. The summed E-state index contributed by atoms with van der Waals surface area (Å²) in [7, 11) is 0. The normalized spacial score (nSPS) is 22.1. The fourth-order valence-electron chi connectivity index (χ4n) is 4.10. The van der Waals surface area contributed by atoms with Crippen LogP contribution in [0.5, 0.6) is 5.75 Å². The third kappa shape index (κ3) is 5.76. The Morgan fingerprint density at radius 1 is 1.28 bits per heavy atom. The van der Waals surface area contributed by atoms with Crippen molar-refractivity contribution in [1.82, 2.24) is 4.90 Å². The maximum atomic E-state index is 13.8. The van der Waals surface area contributed by atoms with Gasteiger partial charge in [0.1, 0.15) is 11.8 Å². The van der Waals surface area contributed by atoms with Crippen molar-refractivity contribution in [3.05, 3.63) is 23.2 Å². The number of rotatable bonds is 6. The zero-order chi connectivity index (χ0) is 23.6.